The van der Waals surface area contributed by atoms with Crippen molar-refractivity contribution in [3.63, 3.8) is 0 Å². The van der Waals surface area contributed by atoms with E-state index in [0.717, 1.165) is 0 Å². The number of rotatable bonds is 3. The summed E-state index contributed by atoms with van der Waals surface area (Å²) in [7, 11) is 0. The summed E-state index contributed by atoms with van der Waals surface area (Å²) in [5.41, 5.74) is -2.29. The molecule has 4 atom stereocenters. The average Bonchev–Trinajstić information content (AvgIpc) is 2.49. The van der Waals surface area contributed by atoms with Crippen molar-refractivity contribution in [3.8, 4) is 0 Å². The number of hydrogen-bond donors (Lipinski definition) is 0. The molecule has 0 aromatic heterocycles. The van der Waals surface area contributed by atoms with Crippen molar-refractivity contribution < 1.29 is 33.3 Å². The highest BCUT2D eigenvalue weighted by Crippen LogP contribution is 2.32. The van der Waals surface area contributed by atoms with Crippen LogP contribution in [0, 0.1) is 16.2 Å². The quantitative estimate of drug-likeness (QED) is 0.358. The fraction of sp³-hybridized carbons (Fsp3) is 0.850. The molecule has 0 spiro atoms. The minimum Gasteiger partial charge on any atom is -0.455 e. The van der Waals surface area contributed by atoms with Crippen molar-refractivity contribution in [2.75, 3.05) is 6.61 Å². The van der Waals surface area contributed by atoms with Crippen molar-refractivity contribution in [2.45, 2.75) is 85.6 Å². The maximum absolute atomic E-state index is 12.5. The molecule has 1 aliphatic heterocycles. The first-order chi connectivity index (χ1) is 12.4. The van der Waals surface area contributed by atoms with E-state index in [2.05, 4.69) is 15.9 Å². The van der Waals surface area contributed by atoms with Crippen molar-refractivity contribution in [1.82, 2.24) is 0 Å². The Kier molecular flexibility index (Phi) is 7.73. The molecule has 0 unspecified atom stereocenters. The molecule has 1 heterocycles. The van der Waals surface area contributed by atoms with Crippen LogP contribution < -0.4 is 0 Å². The average molecular weight is 465 g/mol. The number of alkyl halides is 1. The van der Waals surface area contributed by atoms with E-state index in [-0.39, 0.29) is 6.61 Å². The predicted octanol–water partition coefficient (Wildman–Crippen LogP) is 3.61. The summed E-state index contributed by atoms with van der Waals surface area (Å²) in [5.74, 6) is -1.44. The zero-order chi connectivity index (χ0) is 22.1. The van der Waals surface area contributed by atoms with Gasteiger partial charge in [-0.1, -0.05) is 15.9 Å². The molecule has 8 heteroatoms. The van der Waals surface area contributed by atoms with E-state index in [4.69, 9.17) is 18.9 Å². The second kappa shape index (κ2) is 8.69. The first-order valence-electron chi connectivity index (χ1n) is 9.33. The zero-order valence-electron chi connectivity index (χ0n) is 18.3. The van der Waals surface area contributed by atoms with Crippen LogP contribution in [0.1, 0.15) is 62.3 Å². The molecule has 28 heavy (non-hydrogen) atoms. The molecular formula is C20H33BrO7. The van der Waals surface area contributed by atoms with Crippen LogP contribution in [-0.2, 0) is 33.3 Å². The Morgan fingerprint density at radius 3 is 1.46 bits per heavy atom. The molecule has 0 aromatic rings. The van der Waals surface area contributed by atoms with Gasteiger partial charge in [-0.3, -0.25) is 14.4 Å². The van der Waals surface area contributed by atoms with E-state index >= 15 is 0 Å². The second-order valence-electron chi connectivity index (χ2n) is 10.1. The summed E-state index contributed by atoms with van der Waals surface area (Å²) in [6.45, 7) is 15.5. The summed E-state index contributed by atoms with van der Waals surface area (Å²) in [4.78, 5) is 37.4. The summed E-state index contributed by atoms with van der Waals surface area (Å²) in [5, 5.41) is -0.707. The van der Waals surface area contributed by atoms with Crippen molar-refractivity contribution in [1.29, 1.82) is 0 Å². The Morgan fingerprint density at radius 1 is 0.714 bits per heavy atom. The Bertz CT molecular complexity index is 595. The van der Waals surface area contributed by atoms with Crippen molar-refractivity contribution >= 4 is 33.8 Å². The fourth-order valence-electron chi connectivity index (χ4n) is 2.02. The Labute approximate surface area is 175 Å². The van der Waals surface area contributed by atoms with Crippen LogP contribution in [0.15, 0.2) is 0 Å². The van der Waals surface area contributed by atoms with E-state index in [1.807, 2.05) is 0 Å². The van der Waals surface area contributed by atoms with E-state index in [1.165, 1.54) is 0 Å². The molecule has 0 amide bonds. The van der Waals surface area contributed by atoms with Gasteiger partial charge < -0.3 is 18.9 Å². The maximum atomic E-state index is 12.5. The number of esters is 3. The molecule has 0 N–H and O–H groups in total. The number of halogens is 1. The molecule has 7 nitrogen and oxygen atoms in total. The second-order valence-corrected chi connectivity index (χ2v) is 11.0. The van der Waals surface area contributed by atoms with Gasteiger partial charge in [0.05, 0.1) is 22.9 Å². The Balaban J connectivity index is 3.18. The summed E-state index contributed by atoms with van der Waals surface area (Å²) in [6, 6.07) is 0. The minimum atomic E-state index is -0.998. The molecule has 0 bridgehead atoms. The highest BCUT2D eigenvalue weighted by atomic mass is 79.9. The first-order valence-corrected chi connectivity index (χ1v) is 10.2. The summed E-state index contributed by atoms with van der Waals surface area (Å²) in [6.07, 6.45) is -2.86. The van der Waals surface area contributed by atoms with Crippen LogP contribution >= 0.6 is 15.9 Å². The summed E-state index contributed by atoms with van der Waals surface area (Å²) >= 11 is 3.33. The van der Waals surface area contributed by atoms with E-state index in [0.29, 0.717) is 0 Å². The number of ether oxygens (including phenoxy) is 4. The van der Waals surface area contributed by atoms with Crippen LogP contribution in [0.3, 0.4) is 0 Å². The SMILES string of the molecule is CC(C)(C)C(=O)O[C@@H]1[C@@H](OC(=O)C(C)(C)C)[C@@H](Br)OC[C@@H]1OC(=O)C(C)(C)C. The molecule has 0 aromatic carbocycles. The third-order valence-electron chi connectivity index (χ3n) is 3.95. The lowest BCUT2D eigenvalue weighted by Crippen LogP contribution is -2.57. The highest BCUT2D eigenvalue weighted by Gasteiger charge is 2.49. The normalized spacial score (nSPS) is 26.4. The van der Waals surface area contributed by atoms with Crippen LogP contribution in [-0.4, -0.2) is 47.8 Å². The van der Waals surface area contributed by atoms with Crippen LogP contribution in [0.5, 0.6) is 0 Å². The Morgan fingerprint density at radius 2 is 1.07 bits per heavy atom. The lowest BCUT2D eigenvalue weighted by molar-refractivity contribution is -0.223. The van der Waals surface area contributed by atoms with Crippen LogP contribution in [0.2, 0.25) is 0 Å². The minimum absolute atomic E-state index is 0.00337. The van der Waals surface area contributed by atoms with Gasteiger partial charge in [0, 0.05) is 0 Å². The fourth-order valence-corrected chi connectivity index (χ4v) is 2.58. The molecule has 0 radical (unpaired) electrons. The molecule has 1 aliphatic rings. The standard InChI is InChI=1S/C20H33BrO7/c1-18(2,3)15(22)26-11-10-25-14(21)13(28-17(24)20(7,8)9)12(11)27-16(23)19(4,5)6/h11-14H,10H2,1-9H3/t11-,12-,13+,14-/m0/s1. The smallest absolute Gasteiger partial charge is 0.311 e. The van der Waals surface area contributed by atoms with Gasteiger partial charge in [0.1, 0.15) is 0 Å². The molecule has 1 fully saturated rings. The lowest BCUT2D eigenvalue weighted by Gasteiger charge is -2.41. The predicted molar refractivity (Wildman–Crippen MR) is 107 cm³/mol. The van der Waals surface area contributed by atoms with Gasteiger partial charge in [0.15, 0.2) is 23.3 Å². The van der Waals surface area contributed by atoms with E-state index in [1.54, 1.807) is 62.3 Å². The lowest BCUT2D eigenvalue weighted by atomic mass is 9.95. The number of carbonyl (C=O) groups is 3. The summed E-state index contributed by atoms with van der Waals surface area (Å²) < 4.78 is 22.5. The Hall–Kier alpha value is -1.15. The van der Waals surface area contributed by atoms with E-state index < -0.39 is 57.5 Å². The number of carbonyl (C=O) groups excluding carboxylic acids is 3. The topological polar surface area (TPSA) is 88.1 Å². The third-order valence-corrected chi connectivity index (χ3v) is 4.74. The van der Waals surface area contributed by atoms with Crippen LogP contribution in [0.4, 0.5) is 0 Å². The van der Waals surface area contributed by atoms with E-state index in [9.17, 15) is 14.4 Å². The van der Waals surface area contributed by atoms with Gasteiger partial charge >= 0.3 is 17.9 Å². The molecule has 0 aliphatic carbocycles. The molecule has 1 rings (SSSR count). The molecule has 1 saturated heterocycles. The number of hydrogen-bond acceptors (Lipinski definition) is 7. The van der Waals surface area contributed by atoms with Gasteiger partial charge in [0.2, 0.25) is 0 Å². The zero-order valence-corrected chi connectivity index (χ0v) is 19.8. The highest BCUT2D eigenvalue weighted by molar-refractivity contribution is 9.09. The maximum Gasteiger partial charge on any atom is 0.311 e. The molecule has 0 saturated carbocycles. The third kappa shape index (κ3) is 6.72. The monoisotopic (exact) mass is 464 g/mol. The van der Waals surface area contributed by atoms with Gasteiger partial charge in [0.25, 0.3) is 0 Å². The first kappa shape index (κ1) is 24.9. The van der Waals surface area contributed by atoms with Crippen LogP contribution in [0.25, 0.3) is 0 Å². The largest absolute Gasteiger partial charge is 0.455 e. The van der Waals surface area contributed by atoms with Crippen molar-refractivity contribution in [3.05, 3.63) is 0 Å². The van der Waals surface area contributed by atoms with Gasteiger partial charge in [-0.15, -0.1) is 0 Å². The van der Waals surface area contributed by atoms with Gasteiger partial charge in [-0.05, 0) is 62.3 Å². The van der Waals surface area contributed by atoms with Gasteiger partial charge in [-0.2, -0.15) is 0 Å². The molecule has 162 valence electrons. The van der Waals surface area contributed by atoms with Crippen molar-refractivity contribution in [2.24, 2.45) is 16.2 Å². The van der Waals surface area contributed by atoms with Gasteiger partial charge in [-0.25, -0.2) is 0 Å². The molecular weight excluding hydrogens is 432 g/mol.